The summed E-state index contributed by atoms with van der Waals surface area (Å²) < 4.78 is 1.49. The van der Waals surface area contributed by atoms with Crippen LogP contribution in [-0.4, -0.2) is 37.0 Å². The highest BCUT2D eigenvalue weighted by atomic mass is 32.2. The summed E-state index contributed by atoms with van der Waals surface area (Å²) in [5.41, 5.74) is 1.36. The van der Waals surface area contributed by atoms with Gasteiger partial charge in [-0.3, -0.25) is 4.79 Å². The highest BCUT2D eigenvalue weighted by Gasteiger charge is 2.10. The molecular formula is C11H13N5O2S. The Hall–Kier alpha value is -2.09. The topological polar surface area (TPSA) is 92.9 Å². The number of tetrazole rings is 1. The van der Waals surface area contributed by atoms with Crippen LogP contribution in [0, 0.1) is 6.92 Å². The lowest BCUT2D eigenvalue weighted by Gasteiger charge is -2.07. The Kier molecular flexibility index (Phi) is 4.00. The van der Waals surface area contributed by atoms with E-state index in [-0.39, 0.29) is 17.4 Å². The van der Waals surface area contributed by atoms with Gasteiger partial charge in [0.1, 0.15) is 5.75 Å². The summed E-state index contributed by atoms with van der Waals surface area (Å²) in [5.74, 6) is -0.0140. The number of hydrogen-bond donors (Lipinski definition) is 2. The van der Waals surface area contributed by atoms with Crippen molar-refractivity contribution in [2.75, 3.05) is 11.1 Å². The highest BCUT2D eigenvalue weighted by Crippen LogP contribution is 2.24. The first-order valence-corrected chi connectivity index (χ1v) is 6.49. The largest absolute Gasteiger partial charge is 0.506 e. The number of amides is 1. The van der Waals surface area contributed by atoms with E-state index in [0.717, 1.165) is 5.56 Å². The predicted molar refractivity (Wildman–Crippen MR) is 71.0 cm³/mol. The van der Waals surface area contributed by atoms with Crippen LogP contribution in [0.3, 0.4) is 0 Å². The van der Waals surface area contributed by atoms with Crippen molar-refractivity contribution in [3.63, 3.8) is 0 Å². The molecule has 1 aromatic carbocycles. The lowest BCUT2D eigenvalue weighted by molar-refractivity contribution is -0.113. The van der Waals surface area contributed by atoms with Crippen LogP contribution < -0.4 is 5.32 Å². The number of nitrogens with zero attached hydrogens (tertiary/aromatic N) is 4. The molecule has 1 heterocycles. The number of aromatic nitrogens is 4. The van der Waals surface area contributed by atoms with Crippen LogP contribution >= 0.6 is 11.8 Å². The fourth-order valence-electron chi connectivity index (χ4n) is 1.41. The van der Waals surface area contributed by atoms with E-state index in [9.17, 15) is 9.90 Å². The second-order valence-electron chi connectivity index (χ2n) is 3.94. The van der Waals surface area contributed by atoms with E-state index in [1.54, 1.807) is 25.2 Å². The molecule has 0 aliphatic rings. The average Bonchev–Trinajstić information content (AvgIpc) is 2.77. The van der Waals surface area contributed by atoms with Gasteiger partial charge in [0, 0.05) is 7.05 Å². The van der Waals surface area contributed by atoms with Crippen molar-refractivity contribution in [2.24, 2.45) is 7.05 Å². The van der Waals surface area contributed by atoms with E-state index in [0.29, 0.717) is 10.8 Å². The van der Waals surface area contributed by atoms with Gasteiger partial charge >= 0.3 is 0 Å². The van der Waals surface area contributed by atoms with Crippen LogP contribution in [0.1, 0.15) is 5.56 Å². The van der Waals surface area contributed by atoms with Crippen LogP contribution in [0.15, 0.2) is 23.4 Å². The number of anilines is 1. The zero-order valence-corrected chi connectivity index (χ0v) is 11.3. The van der Waals surface area contributed by atoms with Crippen molar-refractivity contribution >= 4 is 23.4 Å². The van der Waals surface area contributed by atoms with Crippen molar-refractivity contribution < 1.29 is 9.90 Å². The summed E-state index contributed by atoms with van der Waals surface area (Å²) in [6.07, 6.45) is 0. The Labute approximate surface area is 114 Å². The third kappa shape index (κ3) is 3.44. The van der Waals surface area contributed by atoms with Gasteiger partial charge in [0.25, 0.3) is 0 Å². The maximum Gasteiger partial charge on any atom is 0.234 e. The van der Waals surface area contributed by atoms with E-state index in [4.69, 9.17) is 0 Å². The molecule has 0 aliphatic heterocycles. The maximum atomic E-state index is 11.8. The van der Waals surface area contributed by atoms with Crippen LogP contribution in [0.25, 0.3) is 0 Å². The monoisotopic (exact) mass is 279 g/mol. The summed E-state index contributed by atoms with van der Waals surface area (Å²) in [6.45, 7) is 1.88. The standard InChI is InChI=1S/C11H13N5O2S/c1-7-3-4-9(17)8(5-7)12-10(18)6-19-11-13-14-15-16(11)2/h3-5,17H,6H2,1-2H3,(H,12,18). The number of aryl methyl sites for hydroxylation is 2. The SMILES string of the molecule is Cc1ccc(O)c(NC(=O)CSc2nnnn2C)c1. The minimum atomic E-state index is -0.228. The first kappa shape index (κ1) is 13.3. The van der Waals surface area contributed by atoms with Crippen molar-refractivity contribution in [3.8, 4) is 5.75 Å². The fraction of sp³-hybridized carbons (Fsp3) is 0.273. The molecule has 100 valence electrons. The third-order valence-electron chi connectivity index (χ3n) is 2.34. The second kappa shape index (κ2) is 5.70. The summed E-state index contributed by atoms with van der Waals surface area (Å²) in [5, 5.41) is 23.7. The van der Waals surface area contributed by atoms with Gasteiger partial charge in [0.2, 0.25) is 11.1 Å². The molecular weight excluding hydrogens is 266 g/mol. The number of benzene rings is 1. The molecule has 19 heavy (non-hydrogen) atoms. The number of nitrogens with one attached hydrogen (secondary N) is 1. The van der Waals surface area contributed by atoms with Crippen LogP contribution in [-0.2, 0) is 11.8 Å². The molecule has 0 saturated heterocycles. The molecule has 2 N–H and O–H groups in total. The molecule has 0 atom stereocenters. The van der Waals surface area contributed by atoms with E-state index in [1.807, 2.05) is 6.92 Å². The molecule has 1 amide bonds. The fourth-order valence-corrected chi connectivity index (χ4v) is 2.06. The van der Waals surface area contributed by atoms with Crippen LogP contribution in [0.2, 0.25) is 0 Å². The molecule has 1 aromatic heterocycles. The average molecular weight is 279 g/mol. The number of thioether (sulfide) groups is 1. The smallest absolute Gasteiger partial charge is 0.234 e. The van der Waals surface area contributed by atoms with E-state index in [1.165, 1.54) is 16.4 Å². The Morgan fingerprint density at radius 3 is 3.00 bits per heavy atom. The first-order valence-electron chi connectivity index (χ1n) is 5.51. The summed E-state index contributed by atoms with van der Waals surface area (Å²) >= 11 is 1.22. The first-order chi connectivity index (χ1) is 9.06. The van der Waals surface area contributed by atoms with Gasteiger partial charge in [-0.05, 0) is 35.0 Å². The Morgan fingerprint density at radius 2 is 2.32 bits per heavy atom. The van der Waals surface area contributed by atoms with Gasteiger partial charge in [0.05, 0.1) is 11.4 Å². The molecule has 0 saturated carbocycles. The normalized spacial score (nSPS) is 10.4. The van der Waals surface area contributed by atoms with Crippen LogP contribution in [0.5, 0.6) is 5.75 Å². The Bertz CT molecular complexity index is 599. The highest BCUT2D eigenvalue weighted by molar-refractivity contribution is 7.99. The molecule has 7 nitrogen and oxygen atoms in total. The van der Waals surface area contributed by atoms with Crippen molar-refractivity contribution in [1.29, 1.82) is 0 Å². The number of rotatable bonds is 4. The Morgan fingerprint density at radius 1 is 1.53 bits per heavy atom. The van der Waals surface area contributed by atoms with Gasteiger partial charge in [-0.15, -0.1) is 5.10 Å². The molecule has 2 rings (SSSR count). The second-order valence-corrected chi connectivity index (χ2v) is 4.89. The van der Waals surface area contributed by atoms with Crippen molar-refractivity contribution in [3.05, 3.63) is 23.8 Å². The van der Waals surface area contributed by atoms with Crippen molar-refractivity contribution in [1.82, 2.24) is 20.2 Å². The third-order valence-corrected chi connectivity index (χ3v) is 3.35. The number of aromatic hydroxyl groups is 1. The number of hydrogen-bond acceptors (Lipinski definition) is 6. The minimum Gasteiger partial charge on any atom is -0.506 e. The van der Waals surface area contributed by atoms with E-state index in [2.05, 4.69) is 20.8 Å². The number of carbonyl (C=O) groups is 1. The number of phenols is 1. The lowest BCUT2D eigenvalue weighted by Crippen LogP contribution is -2.14. The van der Waals surface area contributed by atoms with Gasteiger partial charge in [-0.2, -0.15) is 0 Å². The molecule has 2 aromatic rings. The molecule has 0 radical (unpaired) electrons. The lowest BCUT2D eigenvalue weighted by atomic mass is 10.2. The molecule has 0 bridgehead atoms. The van der Waals surface area contributed by atoms with Gasteiger partial charge in [-0.25, -0.2) is 4.68 Å². The quantitative estimate of drug-likeness (QED) is 0.639. The predicted octanol–water partition coefficient (Wildman–Crippen LogP) is 0.955. The Balaban J connectivity index is 1.94. The van der Waals surface area contributed by atoms with E-state index >= 15 is 0 Å². The number of phenolic OH excluding ortho intramolecular Hbond substituents is 1. The van der Waals surface area contributed by atoms with Gasteiger partial charge in [-0.1, -0.05) is 17.8 Å². The number of carbonyl (C=O) groups excluding carboxylic acids is 1. The summed E-state index contributed by atoms with van der Waals surface area (Å²) in [6, 6.07) is 5.03. The van der Waals surface area contributed by atoms with Gasteiger partial charge in [0.15, 0.2) is 0 Å². The van der Waals surface area contributed by atoms with Crippen molar-refractivity contribution in [2.45, 2.75) is 12.1 Å². The summed E-state index contributed by atoms with van der Waals surface area (Å²) in [7, 11) is 1.70. The molecule has 8 heteroatoms. The summed E-state index contributed by atoms with van der Waals surface area (Å²) in [4.78, 5) is 11.8. The molecule has 0 spiro atoms. The zero-order valence-electron chi connectivity index (χ0n) is 10.5. The maximum absolute atomic E-state index is 11.8. The van der Waals surface area contributed by atoms with E-state index < -0.39 is 0 Å². The molecule has 0 aliphatic carbocycles. The molecule has 0 unspecified atom stereocenters. The van der Waals surface area contributed by atoms with Crippen LogP contribution in [0.4, 0.5) is 5.69 Å². The van der Waals surface area contributed by atoms with Gasteiger partial charge < -0.3 is 10.4 Å². The molecule has 0 fully saturated rings. The zero-order chi connectivity index (χ0) is 13.8. The minimum absolute atomic E-state index is 0.0456.